The molecule has 0 aromatic carbocycles. The molecule has 12 heavy (non-hydrogen) atoms. The molecule has 0 N–H and O–H groups in total. The van der Waals surface area contributed by atoms with Crippen LogP contribution in [0.25, 0.3) is 0 Å². The largest absolute Gasteiger partial charge is 0.272 e. The second kappa shape index (κ2) is 2.44. The number of amides is 2. The highest BCUT2D eigenvalue weighted by Crippen LogP contribution is 2.28. The lowest BCUT2D eigenvalue weighted by molar-refractivity contribution is -0.141. The third kappa shape index (κ3) is 0.891. The van der Waals surface area contributed by atoms with E-state index >= 15 is 0 Å². The number of imide groups is 1. The third-order valence-corrected chi connectivity index (χ3v) is 2.57. The van der Waals surface area contributed by atoms with Gasteiger partial charge in [0.1, 0.15) is 0 Å². The van der Waals surface area contributed by atoms with Crippen molar-refractivity contribution in [2.24, 2.45) is 0 Å². The second-order valence-electron chi connectivity index (χ2n) is 3.43. The molecule has 1 fully saturated rings. The summed E-state index contributed by atoms with van der Waals surface area (Å²) in [6.07, 6.45) is 4.54. The van der Waals surface area contributed by atoms with Gasteiger partial charge >= 0.3 is 0 Å². The number of hydrogen-bond donors (Lipinski definition) is 0. The van der Waals surface area contributed by atoms with Crippen molar-refractivity contribution in [2.75, 3.05) is 0 Å². The fraction of sp³-hybridized carbons (Fsp3) is 0.556. The smallest absolute Gasteiger partial charge is 0.256 e. The van der Waals surface area contributed by atoms with Crippen molar-refractivity contribution in [1.29, 1.82) is 0 Å². The van der Waals surface area contributed by atoms with Crippen molar-refractivity contribution in [3.63, 3.8) is 0 Å². The summed E-state index contributed by atoms with van der Waals surface area (Å²) < 4.78 is 0. The molecular formula is C9H11NO2. The zero-order valence-electron chi connectivity index (χ0n) is 7.04. The molecule has 1 aliphatic heterocycles. The molecule has 0 aromatic heterocycles. The normalized spacial score (nSPS) is 24.4. The van der Waals surface area contributed by atoms with Gasteiger partial charge in [-0.2, -0.15) is 0 Å². The molecule has 0 saturated heterocycles. The minimum Gasteiger partial charge on any atom is -0.272 e. The number of rotatable bonds is 1. The van der Waals surface area contributed by atoms with Gasteiger partial charge < -0.3 is 0 Å². The van der Waals surface area contributed by atoms with Gasteiger partial charge in [-0.05, 0) is 26.2 Å². The van der Waals surface area contributed by atoms with E-state index in [4.69, 9.17) is 0 Å². The van der Waals surface area contributed by atoms with Crippen LogP contribution in [0.4, 0.5) is 0 Å². The highest BCUT2D eigenvalue weighted by molar-refractivity contribution is 6.16. The van der Waals surface area contributed by atoms with E-state index in [0.29, 0.717) is 5.57 Å². The van der Waals surface area contributed by atoms with Crippen molar-refractivity contribution in [1.82, 2.24) is 4.90 Å². The lowest BCUT2D eigenvalue weighted by Gasteiger charge is -2.33. The van der Waals surface area contributed by atoms with E-state index in [-0.39, 0.29) is 17.9 Å². The molecule has 3 nitrogen and oxygen atoms in total. The molecule has 2 amide bonds. The second-order valence-corrected chi connectivity index (χ2v) is 3.43. The zero-order chi connectivity index (χ0) is 8.72. The summed E-state index contributed by atoms with van der Waals surface area (Å²) in [4.78, 5) is 24.0. The molecular weight excluding hydrogens is 154 g/mol. The van der Waals surface area contributed by atoms with Crippen molar-refractivity contribution in [2.45, 2.75) is 32.2 Å². The van der Waals surface area contributed by atoms with Crippen LogP contribution in [0.3, 0.4) is 0 Å². The van der Waals surface area contributed by atoms with Crippen LogP contribution in [-0.2, 0) is 9.59 Å². The summed E-state index contributed by atoms with van der Waals surface area (Å²) >= 11 is 0. The molecule has 1 aliphatic carbocycles. The Balaban J connectivity index is 2.17. The summed E-state index contributed by atoms with van der Waals surface area (Å²) in [5.41, 5.74) is 0.576. The van der Waals surface area contributed by atoms with Crippen LogP contribution in [0.15, 0.2) is 11.6 Å². The van der Waals surface area contributed by atoms with Gasteiger partial charge in [0.2, 0.25) is 0 Å². The van der Waals surface area contributed by atoms with Gasteiger partial charge in [-0.1, -0.05) is 0 Å². The maximum Gasteiger partial charge on any atom is 0.256 e. The predicted molar refractivity (Wildman–Crippen MR) is 43.2 cm³/mol. The van der Waals surface area contributed by atoms with Gasteiger partial charge in [0.25, 0.3) is 11.8 Å². The molecule has 2 aliphatic rings. The first kappa shape index (κ1) is 7.53. The maximum atomic E-state index is 11.4. The summed E-state index contributed by atoms with van der Waals surface area (Å²) in [7, 11) is 0. The molecule has 1 saturated carbocycles. The summed E-state index contributed by atoms with van der Waals surface area (Å²) in [5, 5.41) is 0. The lowest BCUT2D eigenvalue weighted by atomic mass is 9.91. The molecule has 64 valence electrons. The van der Waals surface area contributed by atoms with Gasteiger partial charge in [-0.25, -0.2) is 0 Å². The Kier molecular flexibility index (Phi) is 1.53. The van der Waals surface area contributed by atoms with Crippen LogP contribution in [-0.4, -0.2) is 22.8 Å². The first-order chi connectivity index (χ1) is 5.70. The molecule has 0 spiro atoms. The van der Waals surface area contributed by atoms with E-state index < -0.39 is 0 Å². The van der Waals surface area contributed by atoms with Gasteiger partial charge in [0.15, 0.2) is 0 Å². The summed E-state index contributed by atoms with van der Waals surface area (Å²) in [5.74, 6) is -0.216. The molecule has 0 unspecified atom stereocenters. The van der Waals surface area contributed by atoms with E-state index in [9.17, 15) is 9.59 Å². The molecule has 0 atom stereocenters. The average Bonchev–Trinajstić information content (AvgIpc) is 2.13. The lowest BCUT2D eigenvalue weighted by Crippen LogP contribution is -2.44. The van der Waals surface area contributed by atoms with Gasteiger partial charge in [0.05, 0.1) is 0 Å². The van der Waals surface area contributed by atoms with Crippen LogP contribution >= 0.6 is 0 Å². The topological polar surface area (TPSA) is 37.4 Å². The number of nitrogens with zero attached hydrogens (tertiary/aromatic N) is 1. The average molecular weight is 165 g/mol. The molecule has 0 radical (unpaired) electrons. The zero-order valence-corrected chi connectivity index (χ0v) is 7.04. The Hall–Kier alpha value is -1.12. The highest BCUT2D eigenvalue weighted by atomic mass is 16.2. The van der Waals surface area contributed by atoms with Gasteiger partial charge in [0, 0.05) is 17.7 Å². The van der Waals surface area contributed by atoms with E-state index in [1.54, 1.807) is 6.92 Å². The number of carbonyl (C=O) groups excluding carboxylic acids is 2. The maximum absolute atomic E-state index is 11.4. The summed E-state index contributed by atoms with van der Waals surface area (Å²) in [6, 6.07) is 0.193. The molecule has 0 aromatic rings. The minimum absolute atomic E-state index is 0.0929. The third-order valence-electron chi connectivity index (χ3n) is 2.57. The Morgan fingerprint density at radius 2 is 2.08 bits per heavy atom. The van der Waals surface area contributed by atoms with Crippen molar-refractivity contribution < 1.29 is 9.59 Å². The van der Waals surface area contributed by atoms with Crippen LogP contribution in [0, 0.1) is 0 Å². The van der Waals surface area contributed by atoms with Crippen LogP contribution in [0.2, 0.25) is 0 Å². The van der Waals surface area contributed by atoms with Crippen LogP contribution in [0.1, 0.15) is 26.2 Å². The summed E-state index contributed by atoms with van der Waals surface area (Å²) in [6.45, 7) is 1.69. The number of carbonyl (C=O) groups is 2. The minimum atomic E-state index is -0.123. The first-order valence-electron chi connectivity index (χ1n) is 4.26. The Labute approximate surface area is 71.0 Å². The Bertz CT molecular complexity index is 276. The van der Waals surface area contributed by atoms with Crippen LogP contribution in [0.5, 0.6) is 0 Å². The standard InChI is InChI=1S/C9H11NO2/c1-6-5-8(11)10(9(6)12)7-3-2-4-7/h5,7H,2-4H2,1H3. The quantitative estimate of drug-likeness (QED) is 0.540. The van der Waals surface area contributed by atoms with Gasteiger partial charge in [-0.15, -0.1) is 0 Å². The fourth-order valence-electron chi connectivity index (χ4n) is 1.60. The van der Waals surface area contributed by atoms with Crippen molar-refractivity contribution in [3.8, 4) is 0 Å². The molecule has 3 heteroatoms. The molecule has 2 rings (SSSR count). The predicted octanol–water partition coefficient (Wildman–Crippen LogP) is 0.854. The first-order valence-corrected chi connectivity index (χ1v) is 4.26. The van der Waals surface area contributed by atoms with E-state index in [2.05, 4.69) is 0 Å². The Morgan fingerprint density at radius 3 is 2.42 bits per heavy atom. The van der Waals surface area contributed by atoms with Crippen molar-refractivity contribution in [3.05, 3.63) is 11.6 Å². The molecule has 0 bridgehead atoms. The SMILES string of the molecule is CC1=CC(=O)N(C2CCC2)C1=O. The number of hydrogen-bond acceptors (Lipinski definition) is 2. The van der Waals surface area contributed by atoms with Crippen LogP contribution < -0.4 is 0 Å². The van der Waals surface area contributed by atoms with E-state index in [1.807, 2.05) is 0 Å². The van der Waals surface area contributed by atoms with Gasteiger partial charge in [-0.3, -0.25) is 14.5 Å². The highest BCUT2D eigenvalue weighted by Gasteiger charge is 2.36. The van der Waals surface area contributed by atoms with E-state index in [1.165, 1.54) is 11.0 Å². The molecule has 1 heterocycles. The fourth-order valence-corrected chi connectivity index (χ4v) is 1.60. The monoisotopic (exact) mass is 165 g/mol. The van der Waals surface area contributed by atoms with Crippen molar-refractivity contribution >= 4 is 11.8 Å². The van der Waals surface area contributed by atoms with E-state index in [0.717, 1.165) is 19.3 Å². The Morgan fingerprint density at radius 1 is 1.42 bits per heavy atom.